The average Bonchev–Trinajstić information content (AvgIpc) is 3.01. The molecule has 0 radical (unpaired) electrons. The third kappa shape index (κ3) is 3.10. The van der Waals surface area contributed by atoms with Gasteiger partial charge in [0.25, 0.3) is 5.91 Å². The monoisotopic (exact) mass is 388 g/mol. The van der Waals surface area contributed by atoms with Gasteiger partial charge in [-0.2, -0.15) is 11.8 Å². The molecule has 1 saturated heterocycles. The lowest BCUT2D eigenvalue weighted by Crippen LogP contribution is -2.44. The molecule has 1 N–H and O–H groups in total. The van der Waals surface area contributed by atoms with Gasteiger partial charge in [0.05, 0.1) is 11.3 Å². The van der Waals surface area contributed by atoms with Gasteiger partial charge in [0.1, 0.15) is 17.7 Å². The average molecular weight is 388 g/mol. The Balaban J connectivity index is 1.75. The highest BCUT2D eigenvalue weighted by Crippen LogP contribution is 2.36. The fourth-order valence-corrected chi connectivity index (χ4v) is 4.93. The lowest BCUT2D eigenvalue weighted by atomic mass is 10.0. The van der Waals surface area contributed by atoms with E-state index >= 15 is 0 Å². The minimum Gasteiger partial charge on any atom is -0.325 e. The number of hydrogen-bond acceptors (Lipinski definition) is 3. The highest BCUT2D eigenvalue weighted by Gasteiger charge is 2.44. The highest BCUT2D eigenvalue weighted by atomic mass is 32.2. The maximum atomic E-state index is 14.2. The number of halogens is 2. The minimum absolute atomic E-state index is 0.0716. The zero-order valence-corrected chi connectivity index (χ0v) is 15.5. The number of nitrogens with zero attached hydrogens (tertiary/aromatic N) is 1. The fourth-order valence-electron chi connectivity index (χ4n) is 3.77. The van der Waals surface area contributed by atoms with Crippen molar-refractivity contribution < 1.29 is 18.4 Å². The first-order valence-corrected chi connectivity index (χ1v) is 9.87. The highest BCUT2D eigenvalue weighted by molar-refractivity contribution is 7.99. The van der Waals surface area contributed by atoms with E-state index in [1.54, 1.807) is 34.9 Å². The van der Waals surface area contributed by atoms with Crippen molar-refractivity contribution in [3.05, 3.63) is 53.6 Å². The number of thioether (sulfide) groups is 1. The first-order chi connectivity index (χ1) is 13.0. The predicted octanol–water partition coefficient (Wildman–Crippen LogP) is 3.92. The van der Waals surface area contributed by atoms with Crippen LogP contribution in [0.15, 0.2) is 36.4 Å². The number of rotatable bonds is 3. The smallest absolute Gasteiger partial charge is 0.256 e. The molecule has 2 unspecified atom stereocenters. The predicted molar refractivity (Wildman–Crippen MR) is 102 cm³/mol. The molecule has 2 heterocycles. The summed E-state index contributed by atoms with van der Waals surface area (Å²) in [5, 5.41) is 2.92. The van der Waals surface area contributed by atoms with Gasteiger partial charge in [0.2, 0.25) is 5.91 Å². The minimum atomic E-state index is -0.696. The lowest BCUT2D eigenvalue weighted by Gasteiger charge is -2.23. The largest absolute Gasteiger partial charge is 0.325 e. The van der Waals surface area contributed by atoms with Crippen molar-refractivity contribution in [2.45, 2.75) is 24.6 Å². The number of carbonyl (C=O) groups is 2. The van der Waals surface area contributed by atoms with Gasteiger partial charge in [0.15, 0.2) is 0 Å². The molecule has 4 rings (SSSR count). The van der Waals surface area contributed by atoms with Crippen LogP contribution in [0.25, 0.3) is 11.1 Å². The van der Waals surface area contributed by atoms with Crippen LogP contribution in [0.1, 0.15) is 23.7 Å². The third-order valence-corrected chi connectivity index (χ3v) is 6.26. The topological polar surface area (TPSA) is 49.4 Å². The summed E-state index contributed by atoms with van der Waals surface area (Å²) in [6.07, 6.45) is 0.768. The van der Waals surface area contributed by atoms with Gasteiger partial charge < -0.3 is 10.2 Å². The van der Waals surface area contributed by atoms with Crippen LogP contribution < -0.4 is 5.32 Å². The van der Waals surface area contributed by atoms with Gasteiger partial charge in [-0.05, 0) is 42.0 Å². The van der Waals surface area contributed by atoms with Gasteiger partial charge in [-0.25, -0.2) is 8.78 Å². The maximum absolute atomic E-state index is 14.2. The SMILES string of the molecule is CCSC1CCN2C(=O)c3cc(-c4ccc(F)cc4F)ccc3NC(=O)C12. The number of carbonyl (C=O) groups excluding carboxylic acids is 2. The van der Waals surface area contributed by atoms with Gasteiger partial charge in [0, 0.05) is 23.4 Å². The zero-order valence-electron chi connectivity index (χ0n) is 14.7. The first-order valence-electron chi connectivity index (χ1n) is 8.82. The molecule has 4 nitrogen and oxygen atoms in total. The van der Waals surface area contributed by atoms with E-state index in [9.17, 15) is 18.4 Å². The van der Waals surface area contributed by atoms with Crippen LogP contribution in [-0.2, 0) is 4.79 Å². The Bertz CT molecular complexity index is 934. The summed E-state index contributed by atoms with van der Waals surface area (Å²) < 4.78 is 27.3. The second-order valence-electron chi connectivity index (χ2n) is 6.60. The molecule has 140 valence electrons. The standard InChI is InChI=1S/C20H18F2N2O2S/c1-2-27-17-7-8-24-18(17)19(25)23-16-6-3-11(9-14(16)20(24)26)13-5-4-12(21)10-15(13)22/h3-6,9-10,17-18H,2,7-8H2,1H3,(H,23,25). The second-order valence-corrected chi connectivity index (χ2v) is 8.12. The summed E-state index contributed by atoms with van der Waals surface area (Å²) in [6.45, 7) is 2.55. The molecule has 0 spiro atoms. The Morgan fingerprint density at radius 2 is 1.96 bits per heavy atom. The molecule has 0 aromatic heterocycles. The van der Waals surface area contributed by atoms with Crippen LogP contribution in [0.5, 0.6) is 0 Å². The van der Waals surface area contributed by atoms with E-state index in [-0.39, 0.29) is 22.6 Å². The van der Waals surface area contributed by atoms with Gasteiger partial charge in [-0.3, -0.25) is 9.59 Å². The molecule has 2 aromatic carbocycles. The van der Waals surface area contributed by atoms with Gasteiger partial charge >= 0.3 is 0 Å². The number of hydrogen-bond donors (Lipinski definition) is 1. The van der Waals surface area contributed by atoms with E-state index < -0.39 is 17.7 Å². The normalized spacial score (nSPS) is 21.5. The molecule has 0 aliphatic carbocycles. The Labute approximate surface area is 159 Å². The van der Waals surface area contributed by atoms with E-state index in [1.165, 1.54) is 12.1 Å². The van der Waals surface area contributed by atoms with E-state index in [4.69, 9.17) is 0 Å². The Hall–Kier alpha value is -2.41. The Morgan fingerprint density at radius 1 is 1.15 bits per heavy atom. The van der Waals surface area contributed by atoms with Crippen molar-refractivity contribution in [3.63, 3.8) is 0 Å². The summed E-state index contributed by atoms with van der Waals surface area (Å²) in [5.41, 5.74) is 1.42. The molecule has 2 aliphatic rings. The molecule has 2 amide bonds. The summed E-state index contributed by atoms with van der Waals surface area (Å²) in [4.78, 5) is 27.4. The van der Waals surface area contributed by atoms with Crippen molar-refractivity contribution in [2.75, 3.05) is 17.6 Å². The van der Waals surface area contributed by atoms with E-state index in [1.807, 2.05) is 6.92 Å². The van der Waals surface area contributed by atoms with Crippen LogP contribution in [0.4, 0.5) is 14.5 Å². The molecule has 2 aliphatic heterocycles. The van der Waals surface area contributed by atoms with E-state index in [0.29, 0.717) is 23.4 Å². The first kappa shape index (κ1) is 18.0. The molecule has 0 saturated carbocycles. The number of anilines is 1. The van der Waals surface area contributed by atoms with Crippen molar-refractivity contribution >= 4 is 29.3 Å². The van der Waals surface area contributed by atoms with Gasteiger partial charge in [-0.1, -0.05) is 13.0 Å². The van der Waals surface area contributed by atoms with Crippen LogP contribution in [0.2, 0.25) is 0 Å². The van der Waals surface area contributed by atoms with Crippen LogP contribution in [0, 0.1) is 11.6 Å². The van der Waals surface area contributed by atoms with Crippen LogP contribution in [-0.4, -0.2) is 40.3 Å². The molecular weight excluding hydrogens is 370 g/mol. The van der Waals surface area contributed by atoms with E-state index in [0.717, 1.165) is 18.2 Å². The zero-order chi connectivity index (χ0) is 19.1. The molecule has 1 fully saturated rings. The molecular formula is C20H18F2N2O2S. The summed E-state index contributed by atoms with van der Waals surface area (Å²) in [6, 6.07) is 7.63. The molecule has 27 heavy (non-hydrogen) atoms. The molecule has 2 aromatic rings. The van der Waals surface area contributed by atoms with Crippen molar-refractivity contribution in [1.29, 1.82) is 0 Å². The summed E-state index contributed by atoms with van der Waals surface area (Å²) in [7, 11) is 0. The molecule has 2 atom stereocenters. The number of benzene rings is 2. The van der Waals surface area contributed by atoms with Crippen molar-refractivity contribution in [2.24, 2.45) is 0 Å². The summed E-state index contributed by atoms with van der Waals surface area (Å²) >= 11 is 1.68. The molecule has 0 bridgehead atoms. The fraction of sp³-hybridized carbons (Fsp3) is 0.300. The Morgan fingerprint density at radius 3 is 2.70 bits per heavy atom. The number of fused-ring (bicyclic) bond motifs is 2. The summed E-state index contributed by atoms with van der Waals surface area (Å²) in [5.74, 6) is -0.910. The quantitative estimate of drug-likeness (QED) is 0.867. The van der Waals surface area contributed by atoms with Crippen molar-refractivity contribution in [3.8, 4) is 11.1 Å². The van der Waals surface area contributed by atoms with Crippen molar-refractivity contribution in [1.82, 2.24) is 4.90 Å². The van der Waals surface area contributed by atoms with Crippen LogP contribution in [0.3, 0.4) is 0 Å². The molecule has 7 heteroatoms. The third-order valence-electron chi connectivity index (χ3n) is 5.00. The second kappa shape index (κ2) is 6.96. The Kier molecular flexibility index (Phi) is 4.63. The van der Waals surface area contributed by atoms with Crippen LogP contribution >= 0.6 is 11.8 Å². The van der Waals surface area contributed by atoms with Gasteiger partial charge in [-0.15, -0.1) is 0 Å². The lowest BCUT2D eigenvalue weighted by molar-refractivity contribution is -0.119. The van der Waals surface area contributed by atoms with E-state index in [2.05, 4.69) is 5.32 Å². The number of nitrogens with one attached hydrogen (secondary N) is 1. The maximum Gasteiger partial charge on any atom is 0.256 e. The number of amides is 2.